The Bertz CT molecular complexity index is 692. The molecule has 3 rings (SSSR count). The van der Waals surface area contributed by atoms with E-state index in [0.29, 0.717) is 18.0 Å². The highest BCUT2D eigenvalue weighted by molar-refractivity contribution is 14.0. The zero-order valence-electron chi connectivity index (χ0n) is 19.8. The van der Waals surface area contributed by atoms with Gasteiger partial charge in [-0.2, -0.15) is 0 Å². The zero-order valence-corrected chi connectivity index (χ0v) is 22.1. The fraction of sp³-hybridized carbons (Fsp3) is 0.696. The summed E-state index contributed by atoms with van der Waals surface area (Å²) in [6, 6.07) is 9.15. The molecule has 2 fully saturated rings. The summed E-state index contributed by atoms with van der Waals surface area (Å²) in [5.41, 5.74) is 1.17. The van der Waals surface area contributed by atoms with E-state index < -0.39 is 0 Å². The van der Waals surface area contributed by atoms with Gasteiger partial charge in [-0.15, -0.1) is 24.0 Å². The Kier molecular flexibility index (Phi) is 10.6. The molecule has 2 atom stereocenters. The van der Waals surface area contributed by atoms with Crippen molar-refractivity contribution in [3.05, 3.63) is 24.3 Å². The standard InChI is InChI=1S/C23H40N6O.HI/c1-18(2)21(28-14-12-27(4)13-15-28)16-25-23(24-3)26-19-10-11-29(17-19)20-8-6-7-9-22(20)30-5;/h6-9,18-19,21H,10-17H2,1-5H3,(H2,24,25,26);1H. The fourth-order valence-electron chi connectivity index (χ4n) is 4.52. The van der Waals surface area contributed by atoms with Crippen molar-refractivity contribution in [1.82, 2.24) is 20.4 Å². The number of nitrogens with one attached hydrogen (secondary N) is 2. The summed E-state index contributed by atoms with van der Waals surface area (Å²) in [6.07, 6.45) is 1.09. The Morgan fingerprint density at radius 1 is 1.16 bits per heavy atom. The number of para-hydroxylation sites is 2. The molecule has 0 radical (unpaired) electrons. The third-order valence-corrected chi connectivity index (χ3v) is 6.43. The Balaban J connectivity index is 0.00000341. The first-order valence-corrected chi connectivity index (χ1v) is 11.3. The lowest BCUT2D eigenvalue weighted by atomic mass is 10.0. The van der Waals surface area contributed by atoms with Crippen molar-refractivity contribution in [2.45, 2.75) is 32.4 Å². The summed E-state index contributed by atoms with van der Waals surface area (Å²) in [7, 11) is 5.81. The summed E-state index contributed by atoms with van der Waals surface area (Å²) in [6.45, 7) is 12.1. The molecule has 8 heteroatoms. The SMILES string of the molecule is CN=C(NCC(C(C)C)N1CCN(C)CC1)NC1CCN(c2ccccc2OC)C1.I. The minimum atomic E-state index is 0. The summed E-state index contributed by atoms with van der Waals surface area (Å²) in [5, 5.41) is 7.24. The molecular weight excluding hydrogens is 503 g/mol. The number of aliphatic imine (C=N–C) groups is 1. The number of halogens is 1. The van der Waals surface area contributed by atoms with Crippen LogP contribution in [0.15, 0.2) is 29.3 Å². The van der Waals surface area contributed by atoms with Crippen LogP contribution in [0.25, 0.3) is 0 Å². The smallest absolute Gasteiger partial charge is 0.191 e. The molecule has 2 unspecified atom stereocenters. The van der Waals surface area contributed by atoms with Gasteiger partial charge in [0.25, 0.3) is 0 Å². The number of nitrogens with zero attached hydrogens (tertiary/aromatic N) is 4. The van der Waals surface area contributed by atoms with E-state index in [1.807, 2.05) is 19.2 Å². The predicted molar refractivity (Wildman–Crippen MR) is 141 cm³/mol. The number of likely N-dealkylation sites (N-methyl/N-ethyl adjacent to an activating group) is 1. The molecule has 31 heavy (non-hydrogen) atoms. The van der Waals surface area contributed by atoms with Crippen molar-refractivity contribution < 1.29 is 4.74 Å². The van der Waals surface area contributed by atoms with Crippen LogP contribution >= 0.6 is 24.0 Å². The molecule has 2 aliphatic heterocycles. The molecule has 0 amide bonds. The number of rotatable bonds is 7. The van der Waals surface area contributed by atoms with Gasteiger partial charge >= 0.3 is 0 Å². The second-order valence-electron chi connectivity index (χ2n) is 8.85. The number of methoxy groups -OCH3 is 1. The maximum Gasteiger partial charge on any atom is 0.191 e. The fourth-order valence-corrected chi connectivity index (χ4v) is 4.52. The van der Waals surface area contributed by atoms with Crippen LogP contribution in [0.4, 0.5) is 5.69 Å². The second-order valence-corrected chi connectivity index (χ2v) is 8.85. The van der Waals surface area contributed by atoms with Crippen LogP contribution in [-0.4, -0.2) is 94.9 Å². The van der Waals surface area contributed by atoms with E-state index in [9.17, 15) is 0 Å². The van der Waals surface area contributed by atoms with Crippen molar-refractivity contribution >= 4 is 35.6 Å². The van der Waals surface area contributed by atoms with E-state index in [1.54, 1.807) is 7.11 Å². The normalized spacial score (nSPS) is 21.7. The first-order valence-electron chi connectivity index (χ1n) is 11.3. The van der Waals surface area contributed by atoms with Gasteiger partial charge in [-0.05, 0) is 31.5 Å². The molecule has 7 nitrogen and oxygen atoms in total. The minimum Gasteiger partial charge on any atom is -0.495 e. The highest BCUT2D eigenvalue weighted by Gasteiger charge is 2.27. The summed E-state index contributed by atoms with van der Waals surface area (Å²) in [5.74, 6) is 2.45. The van der Waals surface area contributed by atoms with E-state index >= 15 is 0 Å². The summed E-state index contributed by atoms with van der Waals surface area (Å²) in [4.78, 5) is 11.9. The molecule has 2 heterocycles. The lowest BCUT2D eigenvalue weighted by molar-refractivity contribution is 0.0900. The Hall–Kier alpha value is -1.26. The Labute approximate surface area is 205 Å². The quantitative estimate of drug-likeness (QED) is 0.313. The number of anilines is 1. The lowest BCUT2D eigenvalue weighted by Gasteiger charge is -2.40. The van der Waals surface area contributed by atoms with E-state index in [1.165, 1.54) is 5.69 Å². The van der Waals surface area contributed by atoms with Gasteiger partial charge in [-0.3, -0.25) is 9.89 Å². The average Bonchev–Trinajstić information content (AvgIpc) is 3.22. The third-order valence-electron chi connectivity index (χ3n) is 6.43. The van der Waals surface area contributed by atoms with Gasteiger partial charge in [-0.1, -0.05) is 26.0 Å². The number of benzene rings is 1. The zero-order chi connectivity index (χ0) is 21.5. The molecule has 0 aliphatic carbocycles. The highest BCUT2D eigenvalue weighted by Crippen LogP contribution is 2.30. The molecule has 176 valence electrons. The molecule has 2 aliphatic rings. The van der Waals surface area contributed by atoms with Crippen molar-refractivity contribution in [3.63, 3.8) is 0 Å². The number of piperazine rings is 1. The van der Waals surface area contributed by atoms with E-state index in [4.69, 9.17) is 4.74 Å². The topological polar surface area (TPSA) is 55.4 Å². The first-order chi connectivity index (χ1) is 14.5. The van der Waals surface area contributed by atoms with E-state index in [0.717, 1.165) is 63.9 Å². The Morgan fingerprint density at radius 3 is 2.52 bits per heavy atom. The number of guanidine groups is 1. The van der Waals surface area contributed by atoms with Crippen LogP contribution in [0, 0.1) is 5.92 Å². The molecule has 1 aromatic carbocycles. The number of hydrogen-bond donors (Lipinski definition) is 2. The maximum absolute atomic E-state index is 5.54. The van der Waals surface area contributed by atoms with Gasteiger partial charge in [0.15, 0.2) is 5.96 Å². The van der Waals surface area contributed by atoms with Crippen LogP contribution in [0.3, 0.4) is 0 Å². The number of hydrogen-bond acceptors (Lipinski definition) is 5. The van der Waals surface area contributed by atoms with E-state index in [2.05, 4.69) is 63.4 Å². The van der Waals surface area contributed by atoms with Gasteiger partial charge in [0, 0.05) is 64.9 Å². The second kappa shape index (κ2) is 12.7. The van der Waals surface area contributed by atoms with Gasteiger partial charge < -0.3 is 25.2 Å². The van der Waals surface area contributed by atoms with Gasteiger partial charge in [0.05, 0.1) is 12.8 Å². The third kappa shape index (κ3) is 7.12. The van der Waals surface area contributed by atoms with Crippen molar-refractivity contribution in [2.24, 2.45) is 10.9 Å². The molecule has 0 saturated carbocycles. The van der Waals surface area contributed by atoms with Crippen LogP contribution in [0.2, 0.25) is 0 Å². The molecule has 0 spiro atoms. The van der Waals surface area contributed by atoms with Gasteiger partial charge in [0.2, 0.25) is 0 Å². The average molecular weight is 545 g/mol. The van der Waals surface area contributed by atoms with Crippen molar-refractivity contribution in [1.29, 1.82) is 0 Å². The lowest BCUT2D eigenvalue weighted by Crippen LogP contribution is -2.55. The van der Waals surface area contributed by atoms with Crippen LogP contribution in [-0.2, 0) is 0 Å². The molecule has 0 bridgehead atoms. The number of ether oxygens (including phenoxy) is 1. The van der Waals surface area contributed by atoms with Crippen molar-refractivity contribution in [3.8, 4) is 5.75 Å². The highest BCUT2D eigenvalue weighted by atomic mass is 127. The van der Waals surface area contributed by atoms with Crippen LogP contribution in [0.5, 0.6) is 5.75 Å². The minimum absolute atomic E-state index is 0. The largest absolute Gasteiger partial charge is 0.495 e. The maximum atomic E-state index is 5.54. The van der Waals surface area contributed by atoms with Gasteiger partial charge in [-0.25, -0.2) is 0 Å². The van der Waals surface area contributed by atoms with E-state index in [-0.39, 0.29) is 24.0 Å². The summed E-state index contributed by atoms with van der Waals surface area (Å²) < 4.78 is 5.54. The molecule has 2 saturated heterocycles. The first kappa shape index (κ1) is 26.0. The van der Waals surface area contributed by atoms with Crippen LogP contribution in [0.1, 0.15) is 20.3 Å². The van der Waals surface area contributed by atoms with Crippen molar-refractivity contribution in [2.75, 3.05) is 71.9 Å². The monoisotopic (exact) mass is 544 g/mol. The predicted octanol–water partition coefficient (Wildman–Crippen LogP) is 2.33. The molecule has 0 aromatic heterocycles. The van der Waals surface area contributed by atoms with Crippen LogP contribution < -0.4 is 20.3 Å². The van der Waals surface area contributed by atoms with Gasteiger partial charge in [0.1, 0.15) is 5.75 Å². The molecular formula is C23H41IN6O. The summed E-state index contributed by atoms with van der Waals surface area (Å²) >= 11 is 0. The molecule has 1 aromatic rings. The molecule has 2 N–H and O–H groups in total. The Morgan fingerprint density at radius 2 is 1.87 bits per heavy atom.